The molecule has 0 aliphatic heterocycles. The first-order chi connectivity index (χ1) is 11.7. The van der Waals surface area contributed by atoms with Gasteiger partial charge in [-0.2, -0.15) is 13.2 Å². The molecule has 136 valence electrons. The Morgan fingerprint density at radius 1 is 1.16 bits per heavy atom. The summed E-state index contributed by atoms with van der Waals surface area (Å²) in [6.45, 7) is 5.32. The summed E-state index contributed by atoms with van der Waals surface area (Å²) in [6, 6.07) is 4.51. The third-order valence-electron chi connectivity index (χ3n) is 3.36. The molecule has 1 rings (SSSR count). The fourth-order valence-corrected chi connectivity index (χ4v) is 1.98. The number of alkyl halides is 3. The van der Waals surface area contributed by atoms with Crippen LogP contribution in [0.5, 0.6) is 0 Å². The van der Waals surface area contributed by atoms with Crippen molar-refractivity contribution in [3.05, 3.63) is 70.7 Å². The third-order valence-corrected chi connectivity index (χ3v) is 3.36. The number of nitrogens with zero attached hydrogens (tertiary/aromatic N) is 1. The summed E-state index contributed by atoms with van der Waals surface area (Å²) in [6.07, 6.45) is 0.890. The molecule has 2 N–H and O–H groups in total. The second-order valence-electron chi connectivity index (χ2n) is 5.50. The quantitative estimate of drug-likeness (QED) is 0.405. The fourth-order valence-electron chi connectivity index (χ4n) is 1.98. The van der Waals surface area contributed by atoms with Crippen molar-refractivity contribution < 1.29 is 17.6 Å². The summed E-state index contributed by atoms with van der Waals surface area (Å²) in [5, 5.41) is 0. The molecule has 25 heavy (non-hydrogen) atoms. The number of hydrogen-bond acceptors (Lipinski definition) is 2. The Hall–Kier alpha value is -2.37. The van der Waals surface area contributed by atoms with Crippen molar-refractivity contribution in [1.82, 2.24) is 0 Å². The first-order valence-electron chi connectivity index (χ1n) is 7.84. The number of aliphatic imine (C=N–C) groups is 1. The van der Waals surface area contributed by atoms with E-state index in [1.54, 1.807) is 26.0 Å². The molecular formula is C19H22F4N2. The summed E-state index contributed by atoms with van der Waals surface area (Å²) in [5.74, 6) is -0.478. The zero-order chi connectivity index (χ0) is 19.0. The molecule has 0 spiro atoms. The summed E-state index contributed by atoms with van der Waals surface area (Å²) in [5.41, 5.74) is 6.32. The minimum atomic E-state index is -4.42. The SMILES string of the molecule is CC/C=C\C(F)=C(/C)C(=NC/C=C(\C)N)c1ccc(C(F)(F)F)cc1. The Bertz CT molecular complexity index is 689. The number of benzene rings is 1. The number of halogens is 4. The molecule has 0 aliphatic rings. The van der Waals surface area contributed by atoms with Gasteiger partial charge in [-0.05, 0) is 44.6 Å². The predicted molar refractivity (Wildman–Crippen MR) is 94.0 cm³/mol. The Labute approximate surface area is 145 Å². The highest BCUT2D eigenvalue weighted by Gasteiger charge is 2.30. The van der Waals surface area contributed by atoms with Gasteiger partial charge in [0.1, 0.15) is 5.83 Å². The minimum Gasteiger partial charge on any atom is -0.402 e. The second-order valence-corrected chi connectivity index (χ2v) is 5.50. The molecule has 0 amide bonds. The standard InChI is InChI=1S/C19H22F4N2/c1-4-5-6-17(20)14(3)18(25-12-11-13(2)24)15-7-9-16(10-8-15)19(21,22)23/h5-11H,4,12,24H2,1-3H3/b6-5-,13-11+,17-14-,25-18?. The number of hydrogen-bond donors (Lipinski definition) is 1. The van der Waals surface area contributed by atoms with Gasteiger partial charge in [0.15, 0.2) is 0 Å². The van der Waals surface area contributed by atoms with Crippen LogP contribution in [0.4, 0.5) is 17.6 Å². The van der Waals surface area contributed by atoms with Crippen molar-refractivity contribution >= 4 is 5.71 Å². The van der Waals surface area contributed by atoms with Crippen molar-refractivity contribution in [2.24, 2.45) is 10.7 Å². The van der Waals surface area contributed by atoms with Gasteiger partial charge in [-0.3, -0.25) is 4.99 Å². The largest absolute Gasteiger partial charge is 0.416 e. The third kappa shape index (κ3) is 6.57. The molecule has 0 atom stereocenters. The molecule has 0 unspecified atom stereocenters. The highest BCUT2D eigenvalue weighted by atomic mass is 19.4. The van der Waals surface area contributed by atoms with Crippen molar-refractivity contribution in [2.75, 3.05) is 6.54 Å². The van der Waals surface area contributed by atoms with E-state index in [0.29, 0.717) is 23.4 Å². The Morgan fingerprint density at radius 2 is 1.76 bits per heavy atom. The smallest absolute Gasteiger partial charge is 0.402 e. The van der Waals surface area contributed by atoms with Crippen LogP contribution in [0.25, 0.3) is 0 Å². The van der Waals surface area contributed by atoms with Crippen LogP contribution >= 0.6 is 0 Å². The Balaban J connectivity index is 3.32. The Kier molecular flexibility index (Phi) is 7.61. The van der Waals surface area contributed by atoms with E-state index in [2.05, 4.69) is 4.99 Å². The first kappa shape index (κ1) is 20.7. The molecule has 0 aliphatic carbocycles. The summed E-state index contributed by atoms with van der Waals surface area (Å²) in [4.78, 5) is 4.30. The van der Waals surface area contributed by atoms with E-state index < -0.39 is 17.6 Å². The molecule has 0 fully saturated rings. The predicted octanol–water partition coefficient (Wildman–Crippen LogP) is 5.57. The maximum absolute atomic E-state index is 14.3. The van der Waals surface area contributed by atoms with Gasteiger partial charge in [-0.15, -0.1) is 0 Å². The van der Waals surface area contributed by atoms with Gasteiger partial charge in [-0.1, -0.05) is 25.1 Å². The van der Waals surface area contributed by atoms with Gasteiger partial charge in [-0.25, -0.2) is 4.39 Å². The van der Waals surface area contributed by atoms with E-state index in [4.69, 9.17) is 5.73 Å². The van der Waals surface area contributed by atoms with Crippen LogP contribution in [0.1, 0.15) is 38.3 Å². The molecule has 0 bridgehead atoms. The van der Waals surface area contributed by atoms with Crippen LogP contribution < -0.4 is 5.73 Å². The lowest BCUT2D eigenvalue weighted by molar-refractivity contribution is -0.137. The zero-order valence-electron chi connectivity index (χ0n) is 14.5. The monoisotopic (exact) mass is 354 g/mol. The maximum Gasteiger partial charge on any atom is 0.416 e. The lowest BCUT2D eigenvalue weighted by Gasteiger charge is -2.11. The van der Waals surface area contributed by atoms with E-state index in [9.17, 15) is 17.6 Å². The zero-order valence-corrected chi connectivity index (χ0v) is 14.5. The van der Waals surface area contributed by atoms with Crippen LogP contribution in [0.15, 0.2) is 64.6 Å². The molecule has 1 aromatic carbocycles. The van der Waals surface area contributed by atoms with Crippen LogP contribution in [-0.4, -0.2) is 12.3 Å². The van der Waals surface area contributed by atoms with Crippen LogP contribution in [0.2, 0.25) is 0 Å². The van der Waals surface area contributed by atoms with Gasteiger partial charge < -0.3 is 5.73 Å². The average molecular weight is 354 g/mol. The maximum atomic E-state index is 14.3. The van der Waals surface area contributed by atoms with Gasteiger partial charge in [0.2, 0.25) is 0 Å². The van der Waals surface area contributed by atoms with Crippen LogP contribution in [0.3, 0.4) is 0 Å². The first-order valence-corrected chi connectivity index (χ1v) is 7.84. The molecule has 2 nitrogen and oxygen atoms in total. The van der Waals surface area contributed by atoms with Gasteiger partial charge in [0.05, 0.1) is 17.8 Å². The van der Waals surface area contributed by atoms with Crippen molar-refractivity contribution in [1.29, 1.82) is 0 Å². The molecule has 6 heteroatoms. The molecule has 1 aromatic rings. The number of rotatable bonds is 6. The summed E-state index contributed by atoms with van der Waals surface area (Å²) >= 11 is 0. The molecule has 0 aromatic heterocycles. The highest BCUT2D eigenvalue weighted by molar-refractivity contribution is 6.12. The second kappa shape index (κ2) is 9.20. The van der Waals surface area contributed by atoms with E-state index in [1.165, 1.54) is 18.2 Å². The normalized spacial score (nSPS) is 14.8. The van der Waals surface area contributed by atoms with E-state index in [1.807, 2.05) is 6.92 Å². The van der Waals surface area contributed by atoms with E-state index in [-0.39, 0.29) is 12.1 Å². The lowest BCUT2D eigenvalue weighted by Crippen LogP contribution is -2.08. The Morgan fingerprint density at radius 3 is 2.24 bits per heavy atom. The van der Waals surface area contributed by atoms with Crippen molar-refractivity contribution in [3.8, 4) is 0 Å². The van der Waals surface area contributed by atoms with Crippen molar-refractivity contribution in [3.63, 3.8) is 0 Å². The highest BCUT2D eigenvalue weighted by Crippen LogP contribution is 2.29. The van der Waals surface area contributed by atoms with E-state index in [0.717, 1.165) is 12.1 Å². The van der Waals surface area contributed by atoms with Crippen LogP contribution in [-0.2, 0) is 6.18 Å². The molecule has 0 saturated heterocycles. The summed E-state index contributed by atoms with van der Waals surface area (Å²) < 4.78 is 52.4. The van der Waals surface area contributed by atoms with Crippen LogP contribution in [0, 0.1) is 0 Å². The fraction of sp³-hybridized carbons (Fsp3) is 0.316. The molecule has 0 saturated carbocycles. The molecular weight excluding hydrogens is 332 g/mol. The molecule has 0 radical (unpaired) electrons. The topological polar surface area (TPSA) is 38.4 Å². The van der Waals surface area contributed by atoms with Gasteiger partial charge in [0, 0.05) is 16.8 Å². The van der Waals surface area contributed by atoms with Gasteiger partial charge >= 0.3 is 6.18 Å². The number of allylic oxidation sites excluding steroid dienone is 5. The van der Waals surface area contributed by atoms with Crippen molar-refractivity contribution in [2.45, 2.75) is 33.4 Å². The van der Waals surface area contributed by atoms with E-state index >= 15 is 0 Å². The van der Waals surface area contributed by atoms with Gasteiger partial charge in [0.25, 0.3) is 0 Å². The average Bonchev–Trinajstić information content (AvgIpc) is 2.55. The lowest BCUT2D eigenvalue weighted by atomic mass is 10.0. The number of nitrogens with two attached hydrogens (primary N) is 1. The molecule has 0 heterocycles. The summed E-state index contributed by atoms with van der Waals surface area (Å²) in [7, 11) is 0. The minimum absolute atomic E-state index is 0.209.